The van der Waals surface area contributed by atoms with E-state index in [4.69, 9.17) is 13.3 Å². The third kappa shape index (κ3) is 6.05. The monoisotopic (exact) mass is 677 g/mol. The molecule has 1 aliphatic rings. The zero-order chi connectivity index (χ0) is 24.8. The minimum absolute atomic E-state index is 0.805. The third-order valence-corrected chi connectivity index (χ3v) is 30.0. The summed E-state index contributed by atoms with van der Waals surface area (Å²) in [6, 6.07) is 3.04. The van der Waals surface area contributed by atoms with E-state index in [9.17, 15) is 0 Å². The van der Waals surface area contributed by atoms with Crippen molar-refractivity contribution >= 4 is 25.0 Å². The fourth-order valence-corrected chi connectivity index (χ4v) is 27.6. The van der Waals surface area contributed by atoms with Crippen molar-refractivity contribution in [1.29, 1.82) is 0 Å². The first-order valence-electron chi connectivity index (χ1n) is 11.8. The summed E-state index contributed by atoms with van der Waals surface area (Å²) < 4.78 is 19.7. The first-order valence-corrected chi connectivity index (χ1v) is 26.1. The average molecular weight is 678 g/mol. The van der Waals surface area contributed by atoms with E-state index in [-0.39, 0.29) is 0 Å². The zero-order valence-electron chi connectivity index (χ0n) is 22.6. The topological polar surface area (TPSA) is 27.7 Å². The van der Waals surface area contributed by atoms with Gasteiger partial charge in [0, 0.05) is 0 Å². The van der Waals surface area contributed by atoms with E-state index in [0.717, 1.165) is 24.6 Å². The summed E-state index contributed by atoms with van der Waals surface area (Å²) in [6.45, 7) is 25.9. The fourth-order valence-electron chi connectivity index (χ4n) is 5.13. The molecule has 32 heavy (non-hydrogen) atoms. The normalized spacial score (nSPS) is 16.7. The van der Waals surface area contributed by atoms with Crippen molar-refractivity contribution in [2.24, 2.45) is 0 Å². The van der Waals surface area contributed by atoms with Gasteiger partial charge in [0.1, 0.15) is 0 Å². The Balaban J connectivity index is 3.99. The predicted octanol–water partition coefficient (Wildman–Crippen LogP) is 8.15. The molecule has 0 saturated carbocycles. The van der Waals surface area contributed by atoms with Crippen molar-refractivity contribution < 1.29 is 29.3 Å². The van der Waals surface area contributed by atoms with Crippen LogP contribution < -0.4 is 0 Å². The summed E-state index contributed by atoms with van der Waals surface area (Å²) in [5.41, 5.74) is 1.57. The summed E-state index contributed by atoms with van der Waals surface area (Å²) in [4.78, 5) is 4.09. The molecule has 1 aliphatic carbocycles. The number of hydrogen-bond donors (Lipinski definition) is 0. The minimum atomic E-state index is -2.73. The van der Waals surface area contributed by atoms with Crippen LogP contribution in [0.5, 0.6) is 0 Å². The van der Waals surface area contributed by atoms with Gasteiger partial charge in [-0.1, -0.05) is 0 Å². The van der Waals surface area contributed by atoms with Crippen LogP contribution in [0.4, 0.5) is 0 Å². The molecule has 0 aliphatic heterocycles. The van der Waals surface area contributed by atoms with Crippen molar-refractivity contribution in [3.05, 3.63) is 45.2 Å². The van der Waals surface area contributed by atoms with Crippen LogP contribution in [0, 0.1) is 0 Å². The maximum atomic E-state index is 5.93. The Morgan fingerprint density at radius 2 is 1.19 bits per heavy atom. The molecule has 0 heterocycles. The van der Waals surface area contributed by atoms with Gasteiger partial charge >= 0.3 is 207 Å². The Morgan fingerprint density at radius 1 is 0.781 bits per heavy atom. The van der Waals surface area contributed by atoms with Gasteiger partial charge in [0.25, 0.3) is 0 Å². The Labute approximate surface area is 206 Å². The molecule has 0 aromatic rings. The second-order valence-corrected chi connectivity index (χ2v) is 33.9. The molecule has 0 aromatic carbocycles. The van der Waals surface area contributed by atoms with Crippen LogP contribution in [-0.4, -0.2) is 46.3 Å². The van der Waals surface area contributed by atoms with E-state index in [1.54, 1.807) is 32.1 Å². The van der Waals surface area contributed by atoms with Crippen molar-refractivity contribution in [1.82, 2.24) is 0 Å². The van der Waals surface area contributed by atoms with Crippen LogP contribution in [-0.2, 0) is 29.3 Å². The SMILES string of the molecule is C=CC[Si](C)(C)C1=C(C[Si](OC)(OC)OC)C[C]([Pt]([CH2]C)([CH2]C)[CH2]C)=C1[Si](C)(C)CC=C. The molecule has 0 amide bonds. The average Bonchev–Trinajstić information content (AvgIpc) is 3.15. The standard InChI is InChI=1S/C19H35O3Si3.3C2H5.Pt/c1-10-14-23(6,7)18-13-12-17(16-25(20-3,21-4)22-5)19(18)24(8,9)15-11-2;3*1-2;/h10-11H,1-2,12,14-16H2,3-9H3;3*1H2,2H3;. The van der Waals surface area contributed by atoms with E-state index in [2.05, 4.69) is 72.3 Å². The van der Waals surface area contributed by atoms with E-state index in [1.807, 2.05) is 9.16 Å². The molecule has 0 spiro atoms. The summed E-state index contributed by atoms with van der Waals surface area (Å²) >= 11 is -2.09. The Hall–Kier alpha value is 0.179. The van der Waals surface area contributed by atoms with Crippen LogP contribution in [0.15, 0.2) is 45.2 Å². The second-order valence-electron chi connectivity index (χ2n) is 9.60. The molecular weight excluding hydrogens is 628 g/mol. The van der Waals surface area contributed by atoms with Crippen molar-refractivity contribution in [3.63, 3.8) is 0 Å². The molecule has 0 saturated heterocycles. The molecule has 0 aromatic heterocycles. The van der Waals surface area contributed by atoms with Gasteiger partial charge < -0.3 is 0 Å². The molecule has 0 atom stereocenters. The van der Waals surface area contributed by atoms with E-state index < -0.39 is 41.0 Å². The molecule has 0 unspecified atom stereocenters. The molecule has 1 rings (SSSR count). The van der Waals surface area contributed by atoms with Gasteiger partial charge in [-0.2, -0.15) is 0 Å². The van der Waals surface area contributed by atoms with Crippen LogP contribution in [0.25, 0.3) is 0 Å². The first-order chi connectivity index (χ1) is 14.9. The molecule has 7 heteroatoms. The van der Waals surface area contributed by atoms with Crippen molar-refractivity contribution in [3.8, 4) is 0 Å². The van der Waals surface area contributed by atoms with Crippen molar-refractivity contribution in [2.45, 2.75) is 85.9 Å². The number of hydrogen-bond acceptors (Lipinski definition) is 3. The Bertz CT molecular complexity index is 716. The van der Waals surface area contributed by atoms with Crippen molar-refractivity contribution in [2.75, 3.05) is 21.3 Å². The number of allylic oxidation sites excluding steroid dienone is 6. The third-order valence-electron chi connectivity index (χ3n) is 6.93. The van der Waals surface area contributed by atoms with E-state index in [0.29, 0.717) is 0 Å². The Kier molecular flexibility index (Phi) is 11.5. The second kappa shape index (κ2) is 12.2. The van der Waals surface area contributed by atoms with Crippen LogP contribution >= 0.6 is 0 Å². The van der Waals surface area contributed by atoms with Gasteiger partial charge in [-0.15, -0.1) is 0 Å². The predicted molar refractivity (Wildman–Crippen MR) is 147 cm³/mol. The molecule has 190 valence electrons. The van der Waals surface area contributed by atoms with Gasteiger partial charge in [0.2, 0.25) is 0 Å². The van der Waals surface area contributed by atoms with Crippen LogP contribution in [0.1, 0.15) is 27.2 Å². The van der Waals surface area contributed by atoms with Gasteiger partial charge in [-0.3, -0.25) is 0 Å². The maximum absolute atomic E-state index is 5.93. The molecule has 3 nitrogen and oxygen atoms in total. The molecular formula is C25H50O3PtSi3. The summed E-state index contributed by atoms with van der Waals surface area (Å²) in [6.07, 6.45) is 5.45. The summed E-state index contributed by atoms with van der Waals surface area (Å²) in [5.74, 6) is 0. The van der Waals surface area contributed by atoms with Gasteiger partial charge in [-0.05, 0) is 0 Å². The first kappa shape index (κ1) is 30.2. The van der Waals surface area contributed by atoms with Gasteiger partial charge in [-0.25, -0.2) is 0 Å². The van der Waals surface area contributed by atoms with Crippen LogP contribution in [0.3, 0.4) is 0 Å². The van der Waals surface area contributed by atoms with E-state index in [1.165, 1.54) is 14.4 Å². The van der Waals surface area contributed by atoms with Gasteiger partial charge in [0.15, 0.2) is 0 Å². The number of rotatable bonds is 15. The Morgan fingerprint density at radius 3 is 1.53 bits per heavy atom. The van der Waals surface area contributed by atoms with E-state index >= 15 is 0 Å². The summed E-state index contributed by atoms with van der Waals surface area (Å²) in [5, 5.41) is 3.54. The molecule has 0 fully saturated rings. The molecule has 0 radical (unpaired) electrons. The quantitative estimate of drug-likeness (QED) is 0.129. The molecule has 0 bridgehead atoms. The zero-order valence-corrected chi connectivity index (χ0v) is 27.8. The van der Waals surface area contributed by atoms with Crippen LogP contribution in [0.2, 0.25) is 58.8 Å². The molecule has 0 N–H and O–H groups in total. The fraction of sp³-hybridized carbons (Fsp3) is 0.680. The summed E-state index contributed by atoms with van der Waals surface area (Å²) in [7, 11) is -0.924. The van der Waals surface area contributed by atoms with Gasteiger partial charge in [0.05, 0.1) is 0 Å².